The number of benzene rings is 1. The first kappa shape index (κ1) is 13.1. The molecule has 0 spiro atoms. The van der Waals surface area contributed by atoms with Crippen LogP contribution >= 0.6 is 0 Å². The van der Waals surface area contributed by atoms with Gasteiger partial charge < -0.3 is 5.73 Å². The topological polar surface area (TPSA) is 26.0 Å². The second-order valence-electron chi connectivity index (χ2n) is 4.55. The van der Waals surface area contributed by atoms with E-state index in [0.717, 1.165) is 12.1 Å². The van der Waals surface area contributed by atoms with Gasteiger partial charge in [-0.2, -0.15) is 0 Å². The SMILES string of the molecule is CCCCCCCc1ccc(N)cc1CC. The van der Waals surface area contributed by atoms with Crippen LogP contribution in [0.1, 0.15) is 57.1 Å². The number of rotatable bonds is 7. The number of aryl methyl sites for hydroxylation is 2. The fourth-order valence-electron chi connectivity index (χ4n) is 2.14. The molecule has 0 atom stereocenters. The van der Waals surface area contributed by atoms with Gasteiger partial charge in [-0.15, -0.1) is 0 Å². The van der Waals surface area contributed by atoms with Gasteiger partial charge in [0, 0.05) is 5.69 Å². The Hall–Kier alpha value is -0.980. The summed E-state index contributed by atoms with van der Waals surface area (Å²) in [5, 5.41) is 0. The highest BCUT2D eigenvalue weighted by atomic mass is 14.5. The van der Waals surface area contributed by atoms with Gasteiger partial charge in [-0.1, -0.05) is 45.6 Å². The van der Waals surface area contributed by atoms with Gasteiger partial charge in [-0.25, -0.2) is 0 Å². The Morgan fingerprint density at radius 1 is 0.938 bits per heavy atom. The predicted octanol–water partition coefficient (Wildman–Crippen LogP) is 4.34. The Morgan fingerprint density at radius 3 is 2.38 bits per heavy atom. The molecule has 2 N–H and O–H groups in total. The minimum absolute atomic E-state index is 0.895. The lowest BCUT2D eigenvalue weighted by atomic mass is 9.98. The van der Waals surface area contributed by atoms with Crippen molar-refractivity contribution in [3.63, 3.8) is 0 Å². The Bertz CT molecular complexity index is 304. The normalized spacial score (nSPS) is 10.6. The summed E-state index contributed by atoms with van der Waals surface area (Å²) in [6.45, 7) is 4.46. The van der Waals surface area contributed by atoms with E-state index in [1.54, 1.807) is 0 Å². The zero-order valence-electron chi connectivity index (χ0n) is 10.8. The van der Waals surface area contributed by atoms with Crippen LogP contribution in [-0.4, -0.2) is 0 Å². The van der Waals surface area contributed by atoms with Crippen LogP contribution in [0.3, 0.4) is 0 Å². The third-order valence-electron chi connectivity index (χ3n) is 3.16. The quantitative estimate of drug-likeness (QED) is 0.535. The van der Waals surface area contributed by atoms with E-state index in [2.05, 4.69) is 26.0 Å². The zero-order valence-corrected chi connectivity index (χ0v) is 10.8. The van der Waals surface area contributed by atoms with Gasteiger partial charge in [0.15, 0.2) is 0 Å². The maximum Gasteiger partial charge on any atom is 0.0316 e. The lowest BCUT2D eigenvalue weighted by Gasteiger charge is -2.08. The monoisotopic (exact) mass is 219 g/mol. The van der Waals surface area contributed by atoms with Crippen LogP contribution in [0.2, 0.25) is 0 Å². The van der Waals surface area contributed by atoms with Gasteiger partial charge in [-0.3, -0.25) is 0 Å². The summed E-state index contributed by atoms with van der Waals surface area (Å²) in [4.78, 5) is 0. The summed E-state index contributed by atoms with van der Waals surface area (Å²) < 4.78 is 0. The van der Waals surface area contributed by atoms with Crippen molar-refractivity contribution in [3.05, 3.63) is 29.3 Å². The molecule has 0 aliphatic rings. The summed E-state index contributed by atoms with van der Waals surface area (Å²) >= 11 is 0. The van der Waals surface area contributed by atoms with E-state index in [1.165, 1.54) is 49.7 Å². The first-order chi connectivity index (χ1) is 7.77. The van der Waals surface area contributed by atoms with Gasteiger partial charge in [0.1, 0.15) is 0 Å². The van der Waals surface area contributed by atoms with Crippen molar-refractivity contribution in [1.29, 1.82) is 0 Å². The second-order valence-corrected chi connectivity index (χ2v) is 4.55. The van der Waals surface area contributed by atoms with Gasteiger partial charge in [0.2, 0.25) is 0 Å². The molecule has 1 heteroatoms. The van der Waals surface area contributed by atoms with Gasteiger partial charge in [0.05, 0.1) is 0 Å². The van der Waals surface area contributed by atoms with Crippen LogP contribution in [0, 0.1) is 0 Å². The molecular formula is C15H25N. The zero-order chi connectivity index (χ0) is 11.8. The number of nitrogens with two attached hydrogens (primary N) is 1. The molecule has 90 valence electrons. The fourth-order valence-corrected chi connectivity index (χ4v) is 2.14. The smallest absolute Gasteiger partial charge is 0.0316 e. The molecule has 1 nitrogen and oxygen atoms in total. The molecule has 0 saturated carbocycles. The van der Waals surface area contributed by atoms with E-state index >= 15 is 0 Å². The molecule has 0 unspecified atom stereocenters. The summed E-state index contributed by atoms with van der Waals surface area (Å²) in [5.41, 5.74) is 9.61. The molecule has 0 aromatic heterocycles. The number of nitrogen functional groups attached to an aromatic ring is 1. The van der Waals surface area contributed by atoms with Gasteiger partial charge in [-0.05, 0) is 42.5 Å². The van der Waals surface area contributed by atoms with Crippen LogP contribution in [-0.2, 0) is 12.8 Å². The molecule has 0 heterocycles. The van der Waals surface area contributed by atoms with E-state index in [9.17, 15) is 0 Å². The number of unbranched alkanes of at least 4 members (excludes halogenated alkanes) is 4. The number of anilines is 1. The van der Waals surface area contributed by atoms with Crippen molar-refractivity contribution < 1.29 is 0 Å². The summed E-state index contributed by atoms with van der Waals surface area (Å²) in [7, 11) is 0. The van der Waals surface area contributed by atoms with E-state index in [0.29, 0.717) is 0 Å². The Morgan fingerprint density at radius 2 is 1.69 bits per heavy atom. The summed E-state index contributed by atoms with van der Waals surface area (Å²) in [6.07, 6.45) is 9.07. The highest BCUT2D eigenvalue weighted by Crippen LogP contribution is 2.17. The first-order valence-electron chi connectivity index (χ1n) is 6.65. The van der Waals surface area contributed by atoms with Crippen LogP contribution < -0.4 is 5.73 Å². The maximum atomic E-state index is 5.80. The third kappa shape index (κ3) is 4.26. The Labute approximate surface area is 100 Å². The lowest BCUT2D eigenvalue weighted by molar-refractivity contribution is 0.631. The molecule has 0 saturated heterocycles. The molecule has 0 aliphatic heterocycles. The highest BCUT2D eigenvalue weighted by molar-refractivity contribution is 5.44. The van der Waals surface area contributed by atoms with Crippen LogP contribution in [0.15, 0.2) is 18.2 Å². The average Bonchev–Trinajstić information content (AvgIpc) is 2.30. The Balaban J connectivity index is 2.41. The van der Waals surface area contributed by atoms with Crippen molar-refractivity contribution in [3.8, 4) is 0 Å². The molecule has 1 aromatic rings. The van der Waals surface area contributed by atoms with E-state index in [4.69, 9.17) is 5.73 Å². The fraction of sp³-hybridized carbons (Fsp3) is 0.600. The molecular weight excluding hydrogens is 194 g/mol. The van der Waals surface area contributed by atoms with Crippen molar-refractivity contribution >= 4 is 5.69 Å². The highest BCUT2D eigenvalue weighted by Gasteiger charge is 2.01. The van der Waals surface area contributed by atoms with Crippen LogP contribution in [0.5, 0.6) is 0 Å². The number of hydrogen-bond acceptors (Lipinski definition) is 1. The van der Waals surface area contributed by atoms with Crippen molar-refractivity contribution in [1.82, 2.24) is 0 Å². The summed E-state index contributed by atoms with van der Waals surface area (Å²) in [6, 6.07) is 6.36. The summed E-state index contributed by atoms with van der Waals surface area (Å²) in [5.74, 6) is 0. The molecule has 1 rings (SSSR count). The standard InChI is InChI=1S/C15H25N/c1-3-5-6-7-8-9-14-10-11-15(16)12-13(14)4-2/h10-12H,3-9,16H2,1-2H3. The third-order valence-corrected chi connectivity index (χ3v) is 3.16. The minimum atomic E-state index is 0.895. The predicted molar refractivity (Wildman–Crippen MR) is 72.7 cm³/mol. The lowest BCUT2D eigenvalue weighted by Crippen LogP contribution is -1.96. The van der Waals surface area contributed by atoms with Crippen molar-refractivity contribution in [2.24, 2.45) is 0 Å². The molecule has 0 amide bonds. The molecule has 0 aliphatic carbocycles. The molecule has 0 radical (unpaired) electrons. The maximum absolute atomic E-state index is 5.80. The second kappa shape index (κ2) is 7.32. The molecule has 0 fully saturated rings. The largest absolute Gasteiger partial charge is 0.399 e. The number of hydrogen-bond donors (Lipinski definition) is 1. The minimum Gasteiger partial charge on any atom is -0.399 e. The molecule has 1 aromatic carbocycles. The molecule has 0 bridgehead atoms. The van der Waals surface area contributed by atoms with Crippen LogP contribution in [0.25, 0.3) is 0 Å². The van der Waals surface area contributed by atoms with Crippen molar-refractivity contribution in [2.75, 3.05) is 5.73 Å². The van der Waals surface area contributed by atoms with E-state index in [1.807, 2.05) is 6.07 Å². The van der Waals surface area contributed by atoms with Crippen LogP contribution in [0.4, 0.5) is 5.69 Å². The first-order valence-corrected chi connectivity index (χ1v) is 6.65. The van der Waals surface area contributed by atoms with Gasteiger partial charge >= 0.3 is 0 Å². The van der Waals surface area contributed by atoms with Crippen molar-refractivity contribution in [2.45, 2.75) is 58.8 Å². The molecule has 16 heavy (non-hydrogen) atoms. The van der Waals surface area contributed by atoms with Gasteiger partial charge in [0.25, 0.3) is 0 Å². The average molecular weight is 219 g/mol. The Kier molecular flexibility index (Phi) is 5.99. The van der Waals surface area contributed by atoms with E-state index in [-0.39, 0.29) is 0 Å². The van der Waals surface area contributed by atoms with E-state index < -0.39 is 0 Å².